The average molecular weight is 618 g/mol. The molecule has 0 saturated carbocycles. The zero-order chi connectivity index (χ0) is 31.9. The maximum atomic E-state index is 13.0. The van der Waals surface area contributed by atoms with Crippen LogP contribution in [0.15, 0.2) is 72.8 Å². The Bertz CT molecular complexity index is 1530. The second-order valence-corrected chi connectivity index (χ2v) is 12.6. The van der Waals surface area contributed by atoms with Crippen molar-refractivity contribution >= 4 is 45.2 Å². The predicted octanol–water partition coefficient (Wildman–Crippen LogP) is 7.77. The van der Waals surface area contributed by atoms with Crippen LogP contribution >= 0.6 is 0 Å². The van der Waals surface area contributed by atoms with Gasteiger partial charge in [0, 0.05) is 46.1 Å². The van der Waals surface area contributed by atoms with Crippen molar-refractivity contribution in [3.63, 3.8) is 0 Å². The lowest BCUT2D eigenvalue weighted by molar-refractivity contribution is 0.0593. The second kappa shape index (κ2) is 14.8. The Morgan fingerprint density at radius 1 is 0.391 bits per heavy atom. The van der Waals surface area contributed by atoms with Gasteiger partial charge in [0.15, 0.2) is 0 Å². The minimum Gasteiger partial charge on any atom is -0.317 e. The SMILES string of the molecule is O=C1c2cccc3cccc(c23)C(=O)N1CCCCCCCCCCCCNCCCN1C(=O)c2cccc3cccc(c23)C1=O. The van der Waals surface area contributed by atoms with Gasteiger partial charge in [-0.05, 0) is 67.4 Å². The van der Waals surface area contributed by atoms with Crippen molar-refractivity contribution in [3.8, 4) is 0 Å². The molecule has 0 radical (unpaired) electrons. The summed E-state index contributed by atoms with van der Waals surface area (Å²) in [6.07, 6.45) is 12.2. The number of benzene rings is 4. The maximum Gasteiger partial charge on any atom is 0.261 e. The van der Waals surface area contributed by atoms with E-state index in [1.807, 2.05) is 72.8 Å². The Balaban J connectivity index is 0.773. The highest BCUT2D eigenvalue weighted by atomic mass is 16.2. The molecule has 2 heterocycles. The van der Waals surface area contributed by atoms with E-state index in [1.54, 1.807) is 0 Å². The van der Waals surface area contributed by atoms with Crippen molar-refractivity contribution < 1.29 is 19.2 Å². The van der Waals surface area contributed by atoms with Crippen LogP contribution in [0.3, 0.4) is 0 Å². The third kappa shape index (κ3) is 6.61. The Morgan fingerprint density at radius 2 is 0.717 bits per heavy atom. The molecule has 238 valence electrons. The monoisotopic (exact) mass is 617 g/mol. The molecule has 0 fully saturated rings. The van der Waals surface area contributed by atoms with Crippen LogP contribution in [0.1, 0.15) is 112 Å². The van der Waals surface area contributed by atoms with Crippen molar-refractivity contribution in [2.45, 2.75) is 70.6 Å². The molecule has 46 heavy (non-hydrogen) atoms. The van der Waals surface area contributed by atoms with E-state index in [4.69, 9.17) is 0 Å². The average Bonchev–Trinajstić information content (AvgIpc) is 3.08. The molecule has 0 saturated heterocycles. The second-order valence-electron chi connectivity index (χ2n) is 12.6. The fourth-order valence-electron chi connectivity index (χ4n) is 6.99. The van der Waals surface area contributed by atoms with Crippen molar-refractivity contribution in [2.75, 3.05) is 26.2 Å². The zero-order valence-corrected chi connectivity index (χ0v) is 26.6. The van der Waals surface area contributed by atoms with E-state index in [1.165, 1.54) is 48.3 Å². The smallest absolute Gasteiger partial charge is 0.261 e. The van der Waals surface area contributed by atoms with Crippen LogP contribution in [0.4, 0.5) is 0 Å². The van der Waals surface area contributed by atoms with E-state index in [0.29, 0.717) is 35.3 Å². The van der Waals surface area contributed by atoms with Crippen LogP contribution in [-0.2, 0) is 0 Å². The Labute approximate surface area is 270 Å². The first-order chi connectivity index (χ1) is 22.6. The van der Waals surface area contributed by atoms with E-state index in [0.717, 1.165) is 66.7 Å². The molecule has 4 amide bonds. The van der Waals surface area contributed by atoms with Crippen LogP contribution in [0, 0.1) is 0 Å². The van der Waals surface area contributed by atoms with E-state index in [9.17, 15) is 19.2 Å². The van der Waals surface area contributed by atoms with Crippen LogP contribution in [0.5, 0.6) is 0 Å². The number of unbranched alkanes of at least 4 members (excludes halogenated alkanes) is 9. The molecule has 0 unspecified atom stereocenters. The molecule has 4 aromatic carbocycles. The van der Waals surface area contributed by atoms with Crippen molar-refractivity contribution in [1.82, 2.24) is 15.1 Å². The lowest BCUT2D eigenvalue weighted by atomic mass is 9.94. The van der Waals surface area contributed by atoms with Crippen LogP contribution < -0.4 is 5.32 Å². The molecule has 6 rings (SSSR count). The lowest BCUT2D eigenvalue weighted by Crippen LogP contribution is -2.41. The van der Waals surface area contributed by atoms with Gasteiger partial charge in [-0.15, -0.1) is 0 Å². The number of carbonyl (C=O) groups excluding carboxylic acids is 4. The van der Waals surface area contributed by atoms with Gasteiger partial charge in [0.05, 0.1) is 0 Å². The van der Waals surface area contributed by atoms with Gasteiger partial charge >= 0.3 is 0 Å². The fraction of sp³-hybridized carbons (Fsp3) is 0.385. The van der Waals surface area contributed by atoms with Crippen molar-refractivity contribution in [3.05, 3.63) is 95.1 Å². The Hall–Kier alpha value is -4.36. The van der Waals surface area contributed by atoms with Crippen molar-refractivity contribution in [2.24, 2.45) is 0 Å². The van der Waals surface area contributed by atoms with Gasteiger partial charge < -0.3 is 5.32 Å². The molecule has 1 N–H and O–H groups in total. The van der Waals surface area contributed by atoms with Crippen molar-refractivity contribution in [1.29, 1.82) is 0 Å². The molecule has 0 bridgehead atoms. The van der Waals surface area contributed by atoms with E-state index < -0.39 is 0 Å². The minimum atomic E-state index is -0.190. The van der Waals surface area contributed by atoms with Gasteiger partial charge in [0.2, 0.25) is 0 Å². The highest BCUT2D eigenvalue weighted by Crippen LogP contribution is 2.31. The summed E-state index contributed by atoms with van der Waals surface area (Å²) in [5.74, 6) is -0.715. The van der Waals surface area contributed by atoms with Gasteiger partial charge in [-0.25, -0.2) is 0 Å². The summed E-state index contributed by atoms with van der Waals surface area (Å²) in [4.78, 5) is 54.8. The van der Waals surface area contributed by atoms with Gasteiger partial charge in [-0.1, -0.05) is 99.9 Å². The Morgan fingerprint density at radius 3 is 1.13 bits per heavy atom. The molecule has 0 aliphatic carbocycles. The summed E-state index contributed by atoms with van der Waals surface area (Å²) in [5, 5.41) is 6.91. The number of carbonyl (C=O) groups is 4. The number of nitrogens with one attached hydrogen (secondary N) is 1. The molecule has 0 atom stereocenters. The number of amides is 4. The number of hydrogen-bond donors (Lipinski definition) is 1. The molecule has 7 heteroatoms. The first-order valence-electron chi connectivity index (χ1n) is 17.0. The molecule has 7 nitrogen and oxygen atoms in total. The molecule has 0 aromatic heterocycles. The number of imide groups is 2. The topological polar surface area (TPSA) is 86.8 Å². The van der Waals surface area contributed by atoms with Gasteiger partial charge in [0.25, 0.3) is 23.6 Å². The third-order valence-corrected chi connectivity index (χ3v) is 9.43. The highest BCUT2D eigenvalue weighted by Gasteiger charge is 2.33. The van der Waals surface area contributed by atoms with Crippen LogP contribution in [-0.4, -0.2) is 59.6 Å². The largest absolute Gasteiger partial charge is 0.317 e. The lowest BCUT2D eigenvalue weighted by Gasteiger charge is -2.27. The number of nitrogens with zero attached hydrogens (tertiary/aromatic N) is 2. The molecule has 2 aliphatic rings. The summed E-state index contributed by atoms with van der Waals surface area (Å²) in [5.41, 5.74) is 2.51. The first kappa shape index (κ1) is 31.6. The molecular formula is C39H43N3O4. The van der Waals surface area contributed by atoms with E-state index in [2.05, 4.69) is 5.32 Å². The number of rotatable bonds is 17. The van der Waals surface area contributed by atoms with Gasteiger partial charge in [-0.3, -0.25) is 29.0 Å². The standard InChI is InChI=1S/C39H43N3O4/c43-36-30-20-11-16-28-17-12-21-31(34(28)30)37(44)41(36)26-10-8-6-4-2-1-3-5-7-9-24-40-25-15-27-42-38(45)32-22-13-18-29-19-14-23-33(35(29)32)39(42)46/h11-14,16-23,40H,1-10,15,24-27H2. The van der Waals surface area contributed by atoms with Crippen LogP contribution in [0.2, 0.25) is 0 Å². The van der Waals surface area contributed by atoms with E-state index >= 15 is 0 Å². The van der Waals surface area contributed by atoms with Gasteiger partial charge in [-0.2, -0.15) is 0 Å². The van der Waals surface area contributed by atoms with E-state index in [-0.39, 0.29) is 23.6 Å². The molecule has 0 spiro atoms. The summed E-state index contributed by atoms with van der Waals surface area (Å²) < 4.78 is 0. The molecular weight excluding hydrogens is 574 g/mol. The fourth-order valence-corrected chi connectivity index (χ4v) is 6.99. The third-order valence-electron chi connectivity index (χ3n) is 9.43. The Kier molecular flexibility index (Phi) is 10.2. The quantitative estimate of drug-likeness (QED) is 0.0967. The maximum absolute atomic E-state index is 13.0. The summed E-state index contributed by atoms with van der Waals surface area (Å²) in [7, 11) is 0. The number of hydrogen-bond acceptors (Lipinski definition) is 5. The highest BCUT2D eigenvalue weighted by molar-refractivity contribution is 6.26. The normalized spacial score (nSPS) is 14.3. The summed E-state index contributed by atoms with van der Waals surface area (Å²) in [6.45, 7) is 2.64. The summed E-state index contributed by atoms with van der Waals surface area (Å²) >= 11 is 0. The summed E-state index contributed by atoms with van der Waals surface area (Å²) in [6, 6.07) is 22.6. The van der Waals surface area contributed by atoms with Gasteiger partial charge in [0.1, 0.15) is 0 Å². The molecule has 2 aliphatic heterocycles. The zero-order valence-electron chi connectivity index (χ0n) is 26.6. The minimum absolute atomic E-state index is 0.167. The van der Waals surface area contributed by atoms with Crippen LogP contribution in [0.25, 0.3) is 21.5 Å². The molecule has 4 aromatic rings. The predicted molar refractivity (Wildman–Crippen MR) is 182 cm³/mol. The first-order valence-corrected chi connectivity index (χ1v) is 17.0.